The zero-order valence-electron chi connectivity index (χ0n) is 6.46. The Balaban J connectivity index is 3.54. The number of halogens is 3. The first-order valence-corrected chi connectivity index (χ1v) is 6.68. The van der Waals surface area contributed by atoms with Gasteiger partial charge in [-0.05, 0) is 28.1 Å². The average molecular weight is 315 g/mol. The minimum atomic E-state index is -3.85. The van der Waals surface area contributed by atoms with Crippen molar-refractivity contribution >= 4 is 47.3 Å². The lowest BCUT2D eigenvalue weighted by atomic mass is 10.2. The molecule has 0 fully saturated rings. The third-order valence-electron chi connectivity index (χ3n) is 1.40. The zero-order chi connectivity index (χ0) is 10.9. The van der Waals surface area contributed by atoms with Gasteiger partial charge in [0.1, 0.15) is 6.07 Å². The number of nitriles is 1. The molecule has 1 aromatic carbocycles. The number of hydrogen-bond acceptors (Lipinski definition) is 3. The van der Waals surface area contributed by atoms with E-state index in [9.17, 15) is 8.42 Å². The number of nitrogens with zero attached hydrogens (tertiary/aromatic N) is 1. The van der Waals surface area contributed by atoms with Gasteiger partial charge in [-0.2, -0.15) is 5.26 Å². The molecule has 0 amide bonds. The van der Waals surface area contributed by atoms with Crippen molar-refractivity contribution < 1.29 is 8.42 Å². The van der Waals surface area contributed by atoms with Gasteiger partial charge in [-0.25, -0.2) is 8.42 Å². The standard InChI is InChI=1S/C7H2BrCl2NO2S/c8-5-1-4(3-11)6(9)2-7(5)14(10,12)13/h1-2H. The second kappa shape index (κ2) is 4.07. The van der Waals surface area contributed by atoms with Crippen LogP contribution in [0.3, 0.4) is 0 Å². The summed E-state index contributed by atoms with van der Waals surface area (Å²) in [5, 5.41) is 8.65. The van der Waals surface area contributed by atoms with E-state index in [0.717, 1.165) is 6.07 Å². The topological polar surface area (TPSA) is 57.9 Å². The summed E-state index contributed by atoms with van der Waals surface area (Å²) in [5.41, 5.74) is 0.183. The summed E-state index contributed by atoms with van der Waals surface area (Å²) in [6, 6.07) is 4.25. The van der Waals surface area contributed by atoms with Gasteiger partial charge in [-0.1, -0.05) is 11.6 Å². The maximum atomic E-state index is 11.0. The highest BCUT2D eigenvalue weighted by Crippen LogP contribution is 2.30. The Labute approximate surface area is 98.8 Å². The number of benzene rings is 1. The second-order valence-corrected chi connectivity index (χ2v) is 6.11. The minimum Gasteiger partial charge on any atom is -0.207 e. The number of hydrogen-bond donors (Lipinski definition) is 0. The fraction of sp³-hybridized carbons (Fsp3) is 0. The molecule has 0 unspecified atom stereocenters. The molecule has 0 aliphatic heterocycles. The van der Waals surface area contributed by atoms with Crippen molar-refractivity contribution in [3.8, 4) is 6.07 Å². The van der Waals surface area contributed by atoms with E-state index in [1.165, 1.54) is 6.07 Å². The van der Waals surface area contributed by atoms with Crippen molar-refractivity contribution in [1.82, 2.24) is 0 Å². The van der Waals surface area contributed by atoms with E-state index in [0.29, 0.717) is 0 Å². The molecule has 14 heavy (non-hydrogen) atoms. The van der Waals surface area contributed by atoms with Crippen molar-refractivity contribution in [2.45, 2.75) is 4.90 Å². The predicted octanol–water partition coefficient (Wildman–Crippen LogP) is 2.90. The minimum absolute atomic E-state index is 0.0509. The third-order valence-corrected chi connectivity index (χ3v) is 4.00. The maximum absolute atomic E-state index is 11.0. The Morgan fingerprint density at radius 1 is 1.43 bits per heavy atom. The fourth-order valence-corrected chi connectivity index (χ4v) is 3.27. The normalized spacial score (nSPS) is 11.0. The van der Waals surface area contributed by atoms with Gasteiger partial charge in [-0.15, -0.1) is 0 Å². The third kappa shape index (κ3) is 2.39. The average Bonchev–Trinajstić information content (AvgIpc) is 2.06. The van der Waals surface area contributed by atoms with E-state index in [-0.39, 0.29) is 20.0 Å². The molecule has 0 aliphatic carbocycles. The molecule has 7 heteroatoms. The lowest BCUT2D eigenvalue weighted by molar-refractivity contribution is 0.609. The first-order chi connectivity index (χ1) is 6.36. The maximum Gasteiger partial charge on any atom is 0.262 e. The molecule has 0 spiro atoms. The molecule has 0 radical (unpaired) electrons. The van der Waals surface area contributed by atoms with Gasteiger partial charge in [0.2, 0.25) is 0 Å². The van der Waals surface area contributed by atoms with Crippen LogP contribution in [0.1, 0.15) is 5.56 Å². The summed E-state index contributed by atoms with van der Waals surface area (Å²) in [6.45, 7) is 0. The van der Waals surface area contributed by atoms with E-state index in [4.69, 9.17) is 27.5 Å². The van der Waals surface area contributed by atoms with Crippen molar-refractivity contribution in [3.63, 3.8) is 0 Å². The summed E-state index contributed by atoms with van der Waals surface area (Å²) in [6.07, 6.45) is 0. The molecular formula is C7H2BrCl2NO2S. The van der Waals surface area contributed by atoms with Crippen LogP contribution in [-0.2, 0) is 9.05 Å². The monoisotopic (exact) mass is 313 g/mol. The van der Waals surface area contributed by atoms with Crippen molar-refractivity contribution in [2.75, 3.05) is 0 Å². The van der Waals surface area contributed by atoms with Gasteiger partial charge in [0, 0.05) is 15.2 Å². The van der Waals surface area contributed by atoms with Gasteiger partial charge in [0.15, 0.2) is 0 Å². The Kier molecular flexibility index (Phi) is 3.43. The molecule has 0 atom stereocenters. The zero-order valence-corrected chi connectivity index (χ0v) is 10.4. The highest BCUT2D eigenvalue weighted by molar-refractivity contribution is 9.10. The van der Waals surface area contributed by atoms with Gasteiger partial charge in [0.05, 0.1) is 15.5 Å². The van der Waals surface area contributed by atoms with Crippen LogP contribution >= 0.6 is 38.2 Å². The molecule has 1 aromatic rings. The van der Waals surface area contributed by atoms with Gasteiger partial charge in [0.25, 0.3) is 9.05 Å². The van der Waals surface area contributed by atoms with E-state index in [2.05, 4.69) is 15.9 Å². The van der Waals surface area contributed by atoms with E-state index >= 15 is 0 Å². The van der Waals surface area contributed by atoms with Crippen LogP contribution in [0.5, 0.6) is 0 Å². The molecule has 0 bridgehead atoms. The quantitative estimate of drug-likeness (QED) is 0.749. The largest absolute Gasteiger partial charge is 0.262 e. The molecular weight excluding hydrogens is 313 g/mol. The summed E-state index contributed by atoms with van der Waals surface area (Å²) >= 11 is 8.63. The van der Waals surface area contributed by atoms with Crippen LogP contribution in [0.2, 0.25) is 5.02 Å². The van der Waals surface area contributed by atoms with Crippen LogP contribution < -0.4 is 0 Å². The smallest absolute Gasteiger partial charge is 0.207 e. The molecule has 74 valence electrons. The summed E-state index contributed by atoms with van der Waals surface area (Å²) in [7, 11) is 1.28. The number of rotatable bonds is 1. The highest BCUT2D eigenvalue weighted by Gasteiger charge is 2.16. The van der Waals surface area contributed by atoms with Crippen LogP contribution in [-0.4, -0.2) is 8.42 Å². The summed E-state index contributed by atoms with van der Waals surface area (Å²) in [5.74, 6) is 0. The molecule has 3 nitrogen and oxygen atoms in total. The van der Waals surface area contributed by atoms with Crippen LogP contribution in [0, 0.1) is 11.3 Å². The Hall–Kier alpha value is -0.280. The molecule has 1 rings (SSSR count). The van der Waals surface area contributed by atoms with Crippen LogP contribution in [0.25, 0.3) is 0 Å². The highest BCUT2D eigenvalue weighted by atomic mass is 79.9. The molecule has 0 aromatic heterocycles. The van der Waals surface area contributed by atoms with E-state index in [1.54, 1.807) is 0 Å². The van der Waals surface area contributed by atoms with Crippen LogP contribution in [0.15, 0.2) is 21.5 Å². The molecule has 0 heterocycles. The Morgan fingerprint density at radius 3 is 2.43 bits per heavy atom. The predicted molar refractivity (Wildman–Crippen MR) is 56.9 cm³/mol. The van der Waals surface area contributed by atoms with Crippen molar-refractivity contribution in [1.29, 1.82) is 5.26 Å². The second-order valence-electron chi connectivity index (χ2n) is 2.31. The molecule has 0 aliphatic rings. The SMILES string of the molecule is N#Cc1cc(Br)c(S(=O)(=O)Cl)cc1Cl. The van der Waals surface area contributed by atoms with Gasteiger partial charge < -0.3 is 0 Å². The Morgan fingerprint density at radius 2 is 2.00 bits per heavy atom. The summed E-state index contributed by atoms with van der Waals surface area (Å²) < 4.78 is 22.2. The first kappa shape index (κ1) is 11.8. The molecule has 0 N–H and O–H groups in total. The first-order valence-electron chi connectivity index (χ1n) is 3.20. The lowest BCUT2D eigenvalue weighted by Crippen LogP contribution is -1.93. The molecule has 0 saturated heterocycles. The fourth-order valence-electron chi connectivity index (χ4n) is 0.801. The lowest BCUT2D eigenvalue weighted by Gasteiger charge is -2.02. The van der Waals surface area contributed by atoms with E-state index < -0.39 is 9.05 Å². The Bertz CT molecular complexity index is 521. The van der Waals surface area contributed by atoms with Gasteiger partial charge >= 0.3 is 0 Å². The summed E-state index contributed by atoms with van der Waals surface area (Å²) in [4.78, 5) is -0.150. The van der Waals surface area contributed by atoms with Crippen molar-refractivity contribution in [2.24, 2.45) is 0 Å². The van der Waals surface area contributed by atoms with Crippen LogP contribution in [0.4, 0.5) is 0 Å². The van der Waals surface area contributed by atoms with Crippen molar-refractivity contribution in [3.05, 3.63) is 27.2 Å². The van der Waals surface area contributed by atoms with Gasteiger partial charge in [-0.3, -0.25) is 0 Å². The molecule has 0 saturated carbocycles. The van der Waals surface area contributed by atoms with E-state index in [1.807, 2.05) is 6.07 Å².